The van der Waals surface area contributed by atoms with Gasteiger partial charge in [-0.3, -0.25) is 0 Å². The van der Waals surface area contributed by atoms with Crippen molar-refractivity contribution in [3.63, 3.8) is 0 Å². The van der Waals surface area contributed by atoms with Crippen LogP contribution in [-0.2, 0) is 10.2 Å². The maximum Gasteiger partial charge on any atom is 0.0566 e. The summed E-state index contributed by atoms with van der Waals surface area (Å²) in [5.74, 6) is 0. The minimum atomic E-state index is 0.181. The van der Waals surface area contributed by atoms with Crippen LogP contribution in [0.15, 0.2) is 24.3 Å². The Kier molecular flexibility index (Phi) is 3.96. The summed E-state index contributed by atoms with van der Waals surface area (Å²) in [5.41, 5.74) is 2.86. The van der Waals surface area contributed by atoms with Crippen molar-refractivity contribution in [3.05, 3.63) is 29.8 Å². The number of ether oxygens (including phenoxy) is 1. The highest BCUT2D eigenvalue weighted by atomic mass is 16.5. The van der Waals surface area contributed by atoms with E-state index in [0.717, 1.165) is 19.4 Å². The smallest absolute Gasteiger partial charge is 0.0566 e. The highest BCUT2D eigenvalue weighted by Gasteiger charge is 2.22. The first-order valence-electron chi connectivity index (χ1n) is 6.94. The monoisotopic (exact) mass is 247 g/mol. The van der Waals surface area contributed by atoms with Crippen molar-refractivity contribution in [1.29, 1.82) is 0 Å². The van der Waals surface area contributed by atoms with E-state index < -0.39 is 0 Å². The Labute approximate surface area is 111 Å². The van der Waals surface area contributed by atoms with E-state index >= 15 is 0 Å². The molecule has 0 aromatic heterocycles. The minimum absolute atomic E-state index is 0.181. The lowest BCUT2D eigenvalue weighted by Gasteiger charge is -2.31. The van der Waals surface area contributed by atoms with Crippen LogP contribution in [0.3, 0.4) is 0 Å². The molecule has 2 nitrogen and oxygen atoms in total. The second-order valence-corrected chi connectivity index (χ2v) is 6.34. The molecule has 1 heterocycles. The van der Waals surface area contributed by atoms with Crippen molar-refractivity contribution >= 4 is 5.69 Å². The van der Waals surface area contributed by atoms with Gasteiger partial charge in [0, 0.05) is 18.3 Å². The normalized spacial score (nSPS) is 24.9. The van der Waals surface area contributed by atoms with Crippen LogP contribution in [-0.4, -0.2) is 18.8 Å². The molecule has 1 saturated heterocycles. The van der Waals surface area contributed by atoms with E-state index in [9.17, 15) is 0 Å². The summed E-state index contributed by atoms with van der Waals surface area (Å²) in [7, 11) is 0. The highest BCUT2D eigenvalue weighted by Crippen LogP contribution is 2.30. The van der Waals surface area contributed by atoms with Gasteiger partial charge in [-0.1, -0.05) is 39.0 Å². The molecule has 0 spiro atoms. The quantitative estimate of drug-likeness (QED) is 0.854. The van der Waals surface area contributed by atoms with Gasteiger partial charge in [0.05, 0.1) is 6.10 Å². The zero-order chi connectivity index (χ0) is 13.2. The molecule has 1 aromatic rings. The van der Waals surface area contributed by atoms with Crippen molar-refractivity contribution in [2.45, 2.75) is 58.1 Å². The third kappa shape index (κ3) is 3.26. The zero-order valence-corrected chi connectivity index (χ0v) is 12.0. The Balaban J connectivity index is 2.13. The molecule has 1 aliphatic rings. The number of hydrogen-bond acceptors (Lipinski definition) is 2. The largest absolute Gasteiger partial charge is 0.382 e. The van der Waals surface area contributed by atoms with Gasteiger partial charge in [0.25, 0.3) is 0 Å². The van der Waals surface area contributed by atoms with E-state index in [0.29, 0.717) is 12.1 Å². The average Bonchev–Trinajstić information content (AvgIpc) is 2.28. The highest BCUT2D eigenvalue weighted by molar-refractivity contribution is 5.54. The number of benzene rings is 1. The Morgan fingerprint density at radius 3 is 2.61 bits per heavy atom. The number of para-hydroxylation sites is 1. The van der Waals surface area contributed by atoms with Gasteiger partial charge in [0.15, 0.2) is 0 Å². The molecule has 2 unspecified atom stereocenters. The Bertz CT molecular complexity index is 394. The fourth-order valence-electron chi connectivity index (χ4n) is 2.61. The molecule has 0 saturated carbocycles. The molecule has 0 aliphatic carbocycles. The van der Waals surface area contributed by atoms with Gasteiger partial charge in [-0.15, -0.1) is 0 Å². The van der Waals surface area contributed by atoms with Gasteiger partial charge in [-0.2, -0.15) is 0 Å². The van der Waals surface area contributed by atoms with Crippen LogP contribution >= 0.6 is 0 Å². The molecule has 2 heteroatoms. The summed E-state index contributed by atoms with van der Waals surface area (Å²) in [4.78, 5) is 0. The lowest BCUT2D eigenvalue weighted by molar-refractivity contribution is 0.0232. The molecule has 0 bridgehead atoms. The van der Waals surface area contributed by atoms with E-state index in [1.807, 2.05) is 0 Å². The van der Waals surface area contributed by atoms with Crippen LogP contribution in [0.1, 0.15) is 46.1 Å². The second kappa shape index (κ2) is 5.31. The molecule has 100 valence electrons. The van der Waals surface area contributed by atoms with E-state index in [1.165, 1.54) is 11.3 Å². The predicted molar refractivity (Wildman–Crippen MR) is 77.2 cm³/mol. The summed E-state index contributed by atoms with van der Waals surface area (Å²) in [6, 6.07) is 9.20. The van der Waals surface area contributed by atoms with Crippen LogP contribution in [0.25, 0.3) is 0 Å². The summed E-state index contributed by atoms with van der Waals surface area (Å²) < 4.78 is 5.60. The fourth-order valence-corrected chi connectivity index (χ4v) is 2.61. The maximum absolute atomic E-state index is 5.60. The van der Waals surface area contributed by atoms with Crippen LogP contribution in [0.2, 0.25) is 0 Å². The first kappa shape index (κ1) is 13.4. The molecule has 1 N–H and O–H groups in total. The van der Waals surface area contributed by atoms with Crippen molar-refractivity contribution in [3.8, 4) is 0 Å². The lowest BCUT2D eigenvalue weighted by atomic mass is 9.85. The SMILES string of the molecule is CC1CC(Nc2ccccc2C(C)(C)C)CCO1. The van der Waals surface area contributed by atoms with Crippen molar-refractivity contribution < 1.29 is 4.74 Å². The Morgan fingerprint density at radius 2 is 1.94 bits per heavy atom. The summed E-state index contributed by atoms with van der Waals surface area (Å²) in [5, 5.41) is 3.71. The fraction of sp³-hybridized carbons (Fsp3) is 0.625. The van der Waals surface area contributed by atoms with E-state index in [2.05, 4.69) is 57.3 Å². The topological polar surface area (TPSA) is 21.3 Å². The van der Waals surface area contributed by atoms with Crippen LogP contribution in [0.4, 0.5) is 5.69 Å². The summed E-state index contributed by atoms with van der Waals surface area (Å²) >= 11 is 0. The number of hydrogen-bond donors (Lipinski definition) is 1. The van der Waals surface area contributed by atoms with Crippen molar-refractivity contribution in [2.75, 3.05) is 11.9 Å². The van der Waals surface area contributed by atoms with Gasteiger partial charge >= 0.3 is 0 Å². The first-order chi connectivity index (χ1) is 8.47. The first-order valence-corrected chi connectivity index (χ1v) is 6.94. The van der Waals surface area contributed by atoms with E-state index in [1.54, 1.807) is 0 Å². The van der Waals surface area contributed by atoms with Crippen molar-refractivity contribution in [1.82, 2.24) is 0 Å². The molecule has 2 rings (SSSR count). The summed E-state index contributed by atoms with van der Waals surface area (Å²) in [6.45, 7) is 9.82. The molecule has 0 amide bonds. The van der Waals surface area contributed by atoms with Gasteiger partial charge < -0.3 is 10.1 Å². The molecule has 0 radical (unpaired) electrons. The Morgan fingerprint density at radius 1 is 1.22 bits per heavy atom. The average molecular weight is 247 g/mol. The van der Waals surface area contributed by atoms with Crippen LogP contribution < -0.4 is 5.32 Å². The number of anilines is 1. The predicted octanol–water partition coefficient (Wildman–Crippen LogP) is 3.96. The molecule has 1 aromatic carbocycles. The molecular weight excluding hydrogens is 222 g/mol. The molecule has 18 heavy (non-hydrogen) atoms. The van der Waals surface area contributed by atoms with E-state index in [4.69, 9.17) is 4.74 Å². The minimum Gasteiger partial charge on any atom is -0.382 e. The lowest BCUT2D eigenvalue weighted by Crippen LogP contribution is -2.33. The van der Waals surface area contributed by atoms with Gasteiger partial charge in [0.2, 0.25) is 0 Å². The Hall–Kier alpha value is -1.02. The zero-order valence-electron chi connectivity index (χ0n) is 12.0. The maximum atomic E-state index is 5.60. The third-order valence-electron chi connectivity index (χ3n) is 3.58. The van der Waals surface area contributed by atoms with Crippen LogP contribution in [0.5, 0.6) is 0 Å². The third-order valence-corrected chi connectivity index (χ3v) is 3.58. The molecule has 1 fully saturated rings. The van der Waals surface area contributed by atoms with Gasteiger partial charge in [0.1, 0.15) is 0 Å². The van der Waals surface area contributed by atoms with E-state index in [-0.39, 0.29) is 5.41 Å². The molecule has 1 aliphatic heterocycles. The summed E-state index contributed by atoms with van der Waals surface area (Å²) in [6.07, 6.45) is 2.57. The number of nitrogens with one attached hydrogen (secondary N) is 1. The van der Waals surface area contributed by atoms with Crippen LogP contribution in [0, 0.1) is 0 Å². The van der Waals surface area contributed by atoms with Crippen molar-refractivity contribution in [2.24, 2.45) is 0 Å². The number of rotatable bonds is 2. The molecular formula is C16H25NO. The second-order valence-electron chi connectivity index (χ2n) is 6.34. The van der Waals surface area contributed by atoms with Gasteiger partial charge in [-0.05, 0) is 36.8 Å². The standard InChI is InChI=1S/C16H25NO/c1-12-11-13(9-10-18-12)17-15-8-6-5-7-14(15)16(2,3)4/h5-8,12-13,17H,9-11H2,1-4H3. The molecule has 2 atom stereocenters. The van der Waals surface area contributed by atoms with Gasteiger partial charge in [-0.25, -0.2) is 0 Å².